The predicted molar refractivity (Wildman–Crippen MR) is 88.1 cm³/mol. The molecular weight excluding hydrogens is 276 g/mol. The number of hydrazone groups is 1. The van der Waals surface area contributed by atoms with Gasteiger partial charge in [0, 0.05) is 11.1 Å². The molecule has 0 saturated heterocycles. The molecule has 2 rings (SSSR count). The first-order valence-electron chi connectivity index (χ1n) is 7.25. The number of carbonyl (C=O) groups is 1. The fourth-order valence-corrected chi connectivity index (χ4v) is 1.87. The first-order chi connectivity index (χ1) is 10.3. The Balaban J connectivity index is 2.07. The largest absolute Gasteiger partial charge is 0.291 e. The molecule has 0 atom stereocenters. The lowest BCUT2D eigenvalue weighted by Gasteiger charge is -2.14. The zero-order valence-corrected chi connectivity index (χ0v) is 13.7. The number of nitrogens with one attached hydrogen (secondary N) is 2. The minimum Gasteiger partial charge on any atom is -0.281 e. The van der Waals surface area contributed by atoms with Gasteiger partial charge in [-0.1, -0.05) is 50.6 Å². The molecule has 1 amide bonds. The maximum Gasteiger partial charge on any atom is 0.291 e. The molecular formula is C17H22N4O. The lowest BCUT2D eigenvalue weighted by atomic mass is 9.92. The van der Waals surface area contributed by atoms with Crippen LogP contribution in [0, 0.1) is 6.92 Å². The third-order valence-electron chi connectivity index (χ3n) is 3.41. The summed E-state index contributed by atoms with van der Waals surface area (Å²) in [6.07, 6.45) is 0. The van der Waals surface area contributed by atoms with Gasteiger partial charge in [-0.2, -0.15) is 10.2 Å². The number of aromatic amines is 1. The summed E-state index contributed by atoms with van der Waals surface area (Å²) in [5.41, 5.74) is 6.63. The smallest absolute Gasteiger partial charge is 0.281 e. The van der Waals surface area contributed by atoms with Crippen molar-refractivity contribution in [2.45, 2.75) is 40.0 Å². The number of amides is 1. The van der Waals surface area contributed by atoms with E-state index < -0.39 is 0 Å². The van der Waals surface area contributed by atoms with Crippen LogP contribution in [0.3, 0.4) is 0 Å². The molecule has 5 heteroatoms. The molecule has 0 saturated carbocycles. The third-order valence-corrected chi connectivity index (χ3v) is 3.41. The number of hydrogen-bond donors (Lipinski definition) is 2. The van der Waals surface area contributed by atoms with Gasteiger partial charge in [-0.3, -0.25) is 9.89 Å². The summed E-state index contributed by atoms with van der Waals surface area (Å²) >= 11 is 0. The Morgan fingerprint density at radius 2 is 1.86 bits per heavy atom. The third kappa shape index (κ3) is 3.81. The van der Waals surface area contributed by atoms with Crippen molar-refractivity contribution < 1.29 is 4.79 Å². The van der Waals surface area contributed by atoms with E-state index in [0.717, 1.165) is 17.0 Å². The van der Waals surface area contributed by atoms with E-state index in [4.69, 9.17) is 0 Å². The fourth-order valence-electron chi connectivity index (χ4n) is 1.87. The van der Waals surface area contributed by atoms with Gasteiger partial charge in [-0.15, -0.1) is 0 Å². The van der Waals surface area contributed by atoms with Crippen LogP contribution in [-0.2, 0) is 5.41 Å². The van der Waals surface area contributed by atoms with Crippen LogP contribution in [0.5, 0.6) is 0 Å². The van der Waals surface area contributed by atoms with Gasteiger partial charge in [0.05, 0.1) is 5.71 Å². The van der Waals surface area contributed by atoms with Crippen LogP contribution < -0.4 is 5.43 Å². The highest BCUT2D eigenvalue weighted by Gasteiger charge is 2.19. The van der Waals surface area contributed by atoms with Crippen LogP contribution in [0.2, 0.25) is 0 Å². The summed E-state index contributed by atoms with van der Waals surface area (Å²) in [7, 11) is 0. The zero-order valence-electron chi connectivity index (χ0n) is 13.7. The van der Waals surface area contributed by atoms with Crippen molar-refractivity contribution in [3.05, 3.63) is 52.8 Å². The Morgan fingerprint density at radius 3 is 2.41 bits per heavy atom. The summed E-state index contributed by atoms with van der Waals surface area (Å²) in [5, 5.41) is 11.1. The number of aromatic nitrogens is 2. The second kappa shape index (κ2) is 6.13. The summed E-state index contributed by atoms with van der Waals surface area (Å²) < 4.78 is 0. The van der Waals surface area contributed by atoms with Gasteiger partial charge in [0.15, 0.2) is 5.69 Å². The number of nitrogens with zero attached hydrogens (tertiary/aromatic N) is 2. The quantitative estimate of drug-likeness (QED) is 0.675. The minimum absolute atomic E-state index is 0.0768. The topological polar surface area (TPSA) is 70.1 Å². The second-order valence-electron chi connectivity index (χ2n) is 6.42. The lowest BCUT2D eigenvalue weighted by Crippen LogP contribution is -2.19. The van der Waals surface area contributed by atoms with E-state index in [1.54, 1.807) is 6.07 Å². The molecule has 0 radical (unpaired) electrons. The van der Waals surface area contributed by atoms with Crippen molar-refractivity contribution in [2.24, 2.45) is 5.10 Å². The maximum absolute atomic E-state index is 12.1. The molecule has 0 aliphatic rings. The number of carbonyl (C=O) groups excluding carboxylic acids is 1. The predicted octanol–water partition coefficient (Wildman–Crippen LogP) is 3.17. The summed E-state index contributed by atoms with van der Waals surface area (Å²) in [6.45, 7) is 10.1. The lowest BCUT2D eigenvalue weighted by molar-refractivity contribution is 0.0950. The fraction of sp³-hybridized carbons (Fsp3) is 0.353. The van der Waals surface area contributed by atoms with Crippen molar-refractivity contribution in [2.75, 3.05) is 0 Å². The van der Waals surface area contributed by atoms with Gasteiger partial charge < -0.3 is 0 Å². The van der Waals surface area contributed by atoms with Gasteiger partial charge in [0.25, 0.3) is 5.91 Å². The molecule has 5 nitrogen and oxygen atoms in total. The van der Waals surface area contributed by atoms with Crippen LogP contribution in [0.25, 0.3) is 0 Å². The van der Waals surface area contributed by atoms with Gasteiger partial charge in [0.2, 0.25) is 0 Å². The Hall–Kier alpha value is -2.43. The number of rotatable bonds is 3. The van der Waals surface area contributed by atoms with Crippen LogP contribution in [0.4, 0.5) is 0 Å². The Bertz CT molecular complexity index is 690. The summed E-state index contributed by atoms with van der Waals surface area (Å²) in [5.74, 6) is -0.321. The Labute approximate surface area is 130 Å². The molecule has 0 unspecified atom stereocenters. The molecule has 0 fully saturated rings. The molecule has 2 aromatic rings. The molecule has 1 aromatic heterocycles. The van der Waals surface area contributed by atoms with Crippen LogP contribution in [0.15, 0.2) is 35.4 Å². The number of aryl methyl sites for hydroxylation is 1. The van der Waals surface area contributed by atoms with Gasteiger partial charge >= 0.3 is 0 Å². The van der Waals surface area contributed by atoms with Crippen LogP contribution in [-0.4, -0.2) is 21.8 Å². The van der Waals surface area contributed by atoms with Gasteiger partial charge in [0.1, 0.15) is 0 Å². The van der Waals surface area contributed by atoms with Crippen molar-refractivity contribution in [3.63, 3.8) is 0 Å². The zero-order chi connectivity index (χ0) is 16.3. The molecule has 2 N–H and O–H groups in total. The van der Waals surface area contributed by atoms with Crippen molar-refractivity contribution >= 4 is 11.6 Å². The molecule has 0 bridgehead atoms. The van der Waals surface area contributed by atoms with Crippen LogP contribution in [0.1, 0.15) is 55.0 Å². The maximum atomic E-state index is 12.1. The average molecular weight is 298 g/mol. The van der Waals surface area contributed by atoms with E-state index in [0.29, 0.717) is 5.69 Å². The van der Waals surface area contributed by atoms with E-state index in [1.165, 1.54) is 5.56 Å². The Kier molecular flexibility index (Phi) is 4.45. The molecule has 22 heavy (non-hydrogen) atoms. The van der Waals surface area contributed by atoms with Crippen molar-refractivity contribution in [3.8, 4) is 0 Å². The van der Waals surface area contributed by atoms with E-state index in [-0.39, 0.29) is 11.3 Å². The Morgan fingerprint density at radius 1 is 1.23 bits per heavy atom. The standard InChI is InChI=1S/C17H22N4O/c1-11-6-8-13(9-7-11)12(2)18-21-16(22)14-10-15(20-19-14)17(3,4)5/h6-10H,1-5H3,(H,19,20)(H,21,22)/b18-12+. The van der Waals surface area contributed by atoms with Gasteiger partial charge in [-0.05, 0) is 25.5 Å². The first kappa shape index (κ1) is 15.9. The highest BCUT2D eigenvalue weighted by molar-refractivity contribution is 6.00. The second-order valence-corrected chi connectivity index (χ2v) is 6.42. The first-order valence-corrected chi connectivity index (χ1v) is 7.25. The minimum atomic E-state index is -0.321. The van der Waals surface area contributed by atoms with E-state index >= 15 is 0 Å². The number of benzene rings is 1. The van der Waals surface area contributed by atoms with E-state index in [9.17, 15) is 4.79 Å². The summed E-state index contributed by atoms with van der Waals surface area (Å²) in [4.78, 5) is 12.1. The molecule has 0 aliphatic carbocycles. The van der Waals surface area contributed by atoms with E-state index in [1.807, 2.05) is 38.1 Å². The van der Waals surface area contributed by atoms with Gasteiger partial charge in [-0.25, -0.2) is 5.43 Å². The summed E-state index contributed by atoms with van der Waals surface area (Å²) in [6, 6.07) is 9.74. The van der Waals surface area contributed by atoms with E-state index in [2.05, 4.69) is 41.5 Å². The molecule has 116 valence electrons. The number of hydrogen-bond acceptors (Lipinski definition) is 3. The van der Waals surface area contributed by atoms with Crippen molar-refractivity contribution in [1.29, 1.82) is 0 Å². The molecule has 0 spiro atoms. The molecule has 1 aromatic carbocycles. The monoisotopic (exact) mass is 298 g/mol. The molecule has 0 aliphatic heterocycles. The van der Waals surface area contributed by atoms with Crippen molar-refractivity contribution in [1.82, 2.24) is 15.6 Å². The highest BCUT2D eigenvalue weighted by Crippen LogP contribution is 2.20. The normalized spacial score (nSPS) is 12.3. The van der Waals surface area contributed by atoms with Crippen LogP contribution >= 0.6 is 0 Å². The average Bonchev–Trinajstić information content (AvgIpc) is 2.95. The molecule has 1 heterocycles. The highest BCUT2D eigenvalue weighted by atomic mass is 16.2. The SMILES string of the molecule is C/C(=N\NC(=O)c1cc(C(C)(C)C)[nH]n1)c1ccc(C)cc1. The number of H-pyrrole nitrogens is 1.